The Labute approximate surface area is 95.2 Å². The minimum absolute atomic E-state index is 0.0573. The van der Waals surface area contributed by atoms with Gasteiger partial charge in [0, 0.05) is 41.1 Å². The van der Waals surface area contributed by atoms with Gasteiger partial charge < -0.3 is 9.67 Å². The molecule has 1 unspecified atom stereocenters. The molecule has 1 aromatic rings. The summed E-state index contributed by atoms with van der Waals surface area (Å²) in [6.45, 7) is 2.08. The summed E-state index contributed by atoms with van der Waals surface area (Å²) in [6.07, 6.45) is 1.28. The first-order chi connectivity index (χ1) is 7.54. The van der Waals surface area contributed by atoms with Crippen LogP contribution in [0.15, 0.2) is 23.1 Å². The van der Waals surface area contributed by atoms with E-state index in [-0.39, 0.29) is 17.7 Å². The number of hydrogen-bond acceptors (Lipinski definition) is 3. The Morgan fingerprint density at radius 2 is 2.19 bits per heavy atom. The highest BCUT2D eigenvalue weighted by molar-refractivity contribution is 7.84. The van der Waals surface area contributed by atoms with Gasteiger partial charge in [-0.05, 0) is 6.07 Å². The zero-order chi connectivity index (χ0) is 12.1. The average molecular weight is 243 g/mol. The fourth-order valence-electron chi connectivity index (χ4n) is 1.18. The lowest BCUT2D eigenvalue weighted by molar-refractivity contribution is 0.0696. The highest BCUT2D eigenvalue weighted by Gasteiger charge is 2.05. The van der Waals surface area contributed by atoms with E-state index in [1.165, 1.54) is 22.9 Å². The highest BCUT2D eigenvalue weighted by Crippen LogP contribution is 1.96. The molecule has 0 saturated heterocycles. The number of rotatable bonds is 5. The number of carbonyl (C=O) groups is 1. The highest BCUT2D eigenvalue weighted by atomic mass is 32.2. The maximum absolute atomic E-state index is 11.4. The molecule has 0 fully saturated rings. The molecule has 1 rings (SSSR count). The largest absolute Gasteiger partial charge is 0.478 e. The first-order valence-electron chi connectivity index (χ1n) is 4.83. The Balaban J connectivity index is 2.86. The van der Waals surface area contributed by atoms with E-state index in [2.05, 4.69) is 0 Å². The molecule has 0 saturated carbocycles. The summed E-state index contributed by atoms with van der Waals surface area (Å²) in [5, 5.41) is 8.75. The van der Waals surface area contributed by atoms with Crippen molar-refractivity contribution in [1.82, 2.24) is 4.57 Å². The summed E-state index contributed by atoms with van der Waals surface area (Å²) < 4.78 is 12.5. The first-order valence-corrected chi connectivity index (χ1v) is 6.32. The first kappa shape index (κ1) is 12.6. The standard InChI is InChI=1S/C10H13NO4S/c1-2-16(15)6-5-11-7-8(10(13)14)3-4-9(11)12/h3-4,7H,2,5-6H2,1H3,(H,13,14). The minimum atomic E-state index is -1.08. The average Bonchev–Trinajstić information content (AvgIpc) is 2.27. The normalized spacial score (nSPS) is 12.3. The molecule has 0 bridgehead atoms. The van der Waals surface area contributed by atoms with Crippen LogP contribution in [0.5, 0.6) is 0 Å². The van der Waals surface area contributed by atoms with Gasteiger partial charge in [0.05, 0.1) is 5.56 Å². The molecule has 0 aliphatic rings. The fraction of sp³-hybridized carbons (Fsp3) is 0.400. The van der Waals surface area contributed by atoms with Crippen LogP contribution in [-0.2, 0) is 17.3 Å². The third kappa shape index (κ3) is 3.30. The quantitative estimate of drug-likeness (QED) is 0.807. The number of carboxylic acid groups (broad SMARTS) is 1. The molecular formula is C10H13NO4S. The van der Waals surface area contributed by atoms with Crippen molar-refractivity contribution in [2.45, 2.75) is 13.5 Å². The monoisotopic (exact) mass is 243 g/mol. The summed E-state index contributed by atoms with van der Waals surface area (Å²) in [6, 6.07) is 2.47. The number of aromatic carboxylic acids is 1. The van der Waals surface area contributed by atoms with Crippen molar-refractivity contribution in [2.24, 2.45) is 0 Å². The number of pyridine rings is 1. The van der Waals surface area contributed by atoms with Crippen LogP contribution in [0.1, 0.15) is 17.3 Å². The van der Waals surface area contributed by atoms with Crippen LogP contribution in [0.3, 0.4) is 0 Å². The maximum atomic E-state index is 11.4. The number of nitrogens with zero attached hydrogens (tertiary/aromatic N) is 1. The predicted octanol–water partition coefficient (Wildman–Crippen LogP) is 0.315. The van der Waals surface area contributed by atoms with E-state index in [0.29, 0.717) is 11.5 Å². The van der Waals surface area contributed by atoms with Gasteiger partial charge in [-0.15, -0.1) is 0 Å². The van der Waals surface area contributed by atoms with Gasteiger partial charge in [0.2, 0.25) is 0 Å². The van der Waals surface area contributed by atoms with Crippen LogP contribution in [0, 0.1) is 0 Å². The van der Waals surface area contributed by atoms with Crippen LogP contribution >= 0.6 is 0 Å². The summed E-state index contributed by atoms with van der Waals surface area (Å²) in [5.41, 5.74) is -0.222. The Kier molecular flexibility index (Phi) is 4.42. The van der Waals surface area contributed by atoms with E-state index in [9.17, 15) is 13.8 Å². The number of aromatic nitrogens is 1. The molecule has 88 valence electrons. The van der Waals surface area contributed by atoms with E-state index in [1.54, 1.807) is 6.92 Å². The van der Waals surface area contributed by atoms with Gasteiger partial charge in [-0.25, -0.2) is 4.79 Å². The summed E-state index contributed by atoms with van der Waals surface area (Å²) in [5.74, 6) is -0.183. The maximum Gasteiger partial charge on any atom is 0.337 e. The van der Waals surface area contributed by atoms with Crippen molar-refractivity contribution in [2.75, 3.05) is 11.5 Å². The lowest BCUT2D eigenvalue weighted by Gasteiger charge is -2.05. The predicted molar refractivity (Wildman–Crippen MR) is 61.2 cm³/mol. The Morgan fingerprint density at radius 1 is 1.50 bits per heavy atom. The van der Waals surface area contributed by atoms with Crippen LogP contribution in [-0.4, -0.2) is 31.4 Å². The van der Waals surface area contributed by atoms with Crippen molar-refractivity contribution in [1.29, 1.82) is 0 Å². The van der Waals surface area contributed by atoms with Gasteiger partial charge >= 0.3 is 5.97 Å². The Hall–Kier alpha value is -1.43. The van der Waals surface area contributed by atoms with Crippen molar-refractivity contribution < 1.29 is 14.1 Å². The summed E-state index contributed by atoms with van der Waals surface area (Å²) >= 11 is 0. The van der Waals surface area contributed by atoms with E-state index < -0.39 is 16.8 Å². The molecule has 0 aliphatic carbocycles. The van der Waals surface area contributed by atoms with Gasteiger partial charge in [-0.3, -0.25) is 9.00 Å². The lowest BCUT2D eigenvalue weighted by atomic mass is 10.3. The molecule has 6 heteroatoms. The zero-order valence-electron chi connectivity index (χ0n) is 8.88. The molecule has 0 spiro atoms. The Morgan fingerprint density at radius 3 is 2.75 bits per heavy atom. The fourth-order valence-corrected chi connectivity index (χ4v) is 1.87. The van der Waals surface area contributed by atoms with E-state index >= 15 is 0 Å². The molecule has 1 heterocycles. The summed E-state index contributed by atoms with van der Waals surface area (Å²) in [4.78, 5) is 22.0. The van der Waals surface area contributed by atoms with Gasteiger partial charge in [0.15, 0.2) is 0 Å². The molecule has 0 aromatic carbocycles. The van der Waals surface area contributed by atoms with Crippen molar-refractivity contribution >= 4 is 16.8 Å². The SMILES string of the molecule is CCS(=O)CCn1cc(C(=O)O)ccc1=O. The van der Waals surface area contributed by atoms with Crippen molar-refractivity contribution in [3.8, 4) is 0 Å². The van der Waals surface area contributed by atoms with Crippen LogP contribution in [0.2, 0.25) is 0 Å². The second-order valence-corrected chi connectivity index (χ2v) is 5.05. The smallest absolute Gasteiger partial charge is 0.337 e. The number of aryl methyl sites for hydroxylation is 1. The third-order valence-electron chi connectivity index (χ3n) is 2.11. The zero-order valence-corrected chi connectivity index (χ0v) is 9.70. The van der Waals surface area contributed by atoms with Crippen molar-refractivity contribution in [3.63, 3.8) is 0 Å². The molecule has 16 heavy (non-hydrogen) atoms. The van der Waals surface area contributed by atoms with Crippen molar-refractivity contribution in [3.05, 3.63) is 34.2 Å². The molecule has 5 nitrogen and oxygen atoms in total. The molecular weight excluding hydrogens is 230 g/mol. The molecule has 1 N–H and O–H groups in total. The van der Waals surface area contributed by atoms with Crippen LogP contribution < -0.4 is 5.56 Å². The molecule has 0 amide bonds. The van der Waals surface area contributed by atoms with E-state index in [0.717, 1.165) is 0 Å². The van der Waals surface area contributed by atoms with Crippen LogP contribution in [0.4, 0.5) is 0 Å². The van der Waals surface area contributed by atoms with Gasteiger partial charge in [0.25, 0.3) is 5.56 Å². The second kappa shape index (κ2) is 5.60. The molecule has 1 aromatic heterocycles. The van der Waals surface area contributed by atoms with Gasteiger partial charge in [-0.1, -0.05) is 6.92 Å². The minimum Gasteiger partial charge on any atom is -0.478 e. The number of hydrogen-bond donors (Lipinski definition) is 1. The lowest BCUT2D eigenvalue weighted by Crippen LogP contribution is -2.23. The van der Waals surface area contributed by atoms with E-state index in [4.69, 9.17) is 5.11 Å². The van der Waals surface area contributed by atoms with Crippen LogP contribution in [0.25, 0.3) is 0 Å². The number of carboxylic acids is 1. The molecule has 1 atom stereocenters. The summed E-state index contributed by atoms with van der Waals surface area (Å²) in [7, 11) is -0.960. The van der Waals surface area contributed by atoms with Gasteiger partial charge in [-0.2, -0.15) is 0 Å². The topological polar surface area (TPSA) is 76.4 Å². The Bertz CT molecular complexity index is 466. The molecule has 0 radical (unpaired) electrons. The van der Waals surface area contributed by atoms with Gasteiger partial charge in [0.1, 0.15) is 0 Å². The van der Waals surface area contributed by atoms with E-state index in [1.807, 2.05) is 0 Å². The molecule has 0 aliphatic heterocycles. The third-order valence-corrected chi connectivity index (χ3v) is 3.39. The second-order valence-electron chi connectivity index (χ2n) is 3.19.